The van der Waals surface area contributed by atoms with Crippen LogP contribution in [0.2, 0.25) is 0 Å². The first kappa shape index (κ1) is 38.4. The zero-order valence-corrected chi connectivity index (χ0v) is 33.2. The van der Waals surface area contributed by atoms with Gasteiger partial charge in [0.25, 0.3) is 11.8 Å². The van der Waals surface area contributed by atoms with E-state index in [9.17, 15) is 19.5 Å². The lowest BCUT2D eigenvalue weighted by Gasteiger charge is -2.36. The number of likely N-dealkylation sites (N-methyl/N-ethyl adjacent to an activating group) is 1. The Bertz CT molecular complexity index is 2280. The van der Waals surface area contributed by atoms with Crippen LogP contribution in [0.25, 0.3) is 11.3 Å². The van der Waals surface area contributed by atoms with Crippen LogP contribution in [0.3, 0.4) is 0 Å². The van der Waals surface area contributed by atoms with Crippen LogP contribution >= 0.6 is 0 Å². The number of aromatic nitrogens is 1. The van der Waals surface area contributed by atoms with Gasteiger partial charge in [0.05, 0.1) is 12.0 Å². The molecule has 0 bridgehead atoms. The molecule has 2 aliphatic heterocycles. The second-order valence-corrected chi connectivity index (χ2v) is 15.4. The second kappa shape index (κ2) is 16.1. The van der Waals surface area contributed by atoms with Crippen molar-refractivity contribution in [3.05, 3.63) is 136 Å². The van der Waals surface area contributed by atoms with Gasteiger partial charge in [-0.3, -0.25) is 14.4 Å². The SMILES string of the molecule is Cc1c(C(=O)N(C)c2ccc(O)cc2)cc(-c2cc3c(cc2C(=O)N2Cc4ccccc4C[C@H]2C)CN(C(=O)Cc2cccc(OCCN(C)C)c2)CC3)n1C. The topological polar surface area (TPSA) is 98.6 Å². The number of carbonyl (C=O) groups is 3. The Morgan fingerprint density at radius 1 is 0.839 bits per heavy atom. The van der Waals surface area contributed by atoms with Crippen molar-refractivity contribution in [1.82, 2.24) is 19.3 Å². The number of carbonyl (C=O) groups excluding carboxylic acids is 3. The van der Waals surface area contributed by atoms with Gasteiger partial charge < -0.3 is 34.0 Å². The number of phenolic OH excluding ortho intramolecular Hbond substituents is 1. The van der Waals surface area contributed by atoms with Gasteiger partial charge in [0.15, 0.2) is 0 Å². The summed E-state index contributed by atoms with van der Waals surface area (Å²) in [6.07, 6.45) is 1.66. The molecule has 3 heterocycles. The molecule has 0 fully saturated rings. The molecule has 0 saturated carbocycles. The summed E-state index contributed by atoms with van der Waals surface area (Å²) in [6, 6.07) is 28.5. The molecule has 0 saturated heterocycles. The Labute approximate surface area is 329 Å². The van der Waals surface area contributed by atoms with E-state index in [0.29, 0.717) is 49.5 Å². The monoisotopic (exact) mass is 753 g/mol. The van der Waals surface area contributed by atoms with Gasteiger partial charge >= 0.3 is 0 Å². The van der Waals surface area contributed by atoms with Crippen LogP contribution in [0, 0.1) is 6.92 Å². The third-order valence-electron chi connectivity index (χ3n) is 11.3. The average molecular weight is 754 g/mol. The number of rotatable bonds is 10. The first-order chi connectivity index (χ1) is 26.9. The Kier molecular flexibility index (Phi) is 11.0. The van der Waals surface area contributed by atoms with E-state index in [-0.39, 0.29) is 35.9 Å². The number of phenols is 1. The first-order valence-corrected chi connectivity index (χ1v) is 19.3. The number of aromatic hydroxyl groups is 1. The fourth-order valence-corrected chi connectivity index (χ4v) is 7.84. The first-order valence-electron chi connectivity index (χ1n) is 19.3. The number of amides is 3. The van der Waals surface area contributed by atoms with E-state index in [4.69, 9.17) is 4.74 Å². The standard InChI is InChI=1S/C46H51N5O5/c1-30-22-33-11-7-8-12-35(33)29-51(30)46(55)42-26-36-28-50(44(53)24-32-10-9-13-39(23-32)56-21-20-47(3)4)19-18-34(36)25-41(42)43-27-40(31(2)48(43)5)45(54)49(6)37-14-16-38(52)17-15-37/h7-17,23,25-27,30,52H,18-22,24,28-29H2,1-6H3/t30-/m1/s1. The van der Waals surface area contributed by atoms with Crippen molar-refractivity contribution in [2.75, 3.05) is 45.7 Å². The largest absolute Gasteiger partial charge is 0.508 e. The normalized spacial score (nSPS) is 15.0. The number of anilines is 1. The predicted molar refractivity (Wildman–Crippen MR) is 219 cm³/mol. The Hall–Kier alpha value is -5.87. The molecule has 1 aromatic heterocycles. The molecule has 10 heteroatoms. The molecule has 0 spiro atoms. The predicted octanol–water partition coefficient (Wildman–Crippen LogP) is 6.64. The highest BCUT2D eigenvalue weighted by atomic mass is 16.5. The number of ether oxygens (including phenoxy) is 1. The molecule has 56 heavy (non-hydrogen) atoms. The molecular weight excluding hydrogens is 703 g/mol. The number of benzene rings is 4. The maximum absolute atomic E-state index is 14.9. The lowest BCUT2D eigenvalue weighted by Crippen LogP contribution is -2.43. The minimum Gasteiger partial charge on any atom is -0.508 e. The van der Waals surface area contributed by atoms with Crippen molar-refractivity contribution in [3.8, 4) is 22.8 Å². The summed E-state index contributed by atoms with van der Waals surface area (Å²) in [5, 5.41) is 9.80. The molecular formula is C46H51N5O5. The minimum atomic E-state index is -0.193. The lowest BCUT2D eigenvalue weighted by molar-refractivity contribution is -0.131. The van der Waals surface area contributed by atoms with E-state index < -0.39 is 0 Å². The molecule has 5 aromatic rings. The van der Waals surface area contributed by atoms with E-state index in [1.54, 1.807) is 36.2 Å². The number of fused-ring (bicyclic) bond motifs is 2. The average Bonchev–Trinajstić information content (AvgIpc) is 3.49. The van der Waals surface area contributed by atoms with Crippen molar-refractivity contribution < 1.29 is 24.2 Å². The van der Waals surface area contributed by atoms with Gasteiger partial charge in [0, 0.05) is 74.5 Å². The van der Waals surface area contributed by atoms with Crippen LogP contribution in [0.5, 0.6) is 11.5 Å². The number of nitrogens with zero attached hydrogens (tertiary/aromatic N) is 5. The number of hydrogen-bond acceptors (Lipinski definition) is 6. The van der Waals surface area contributed by atoms with Gasteiger partial charge in [-0.15, -0.1) is 0 Å². The van der Waals surface area contributed by atoms with Crippen molar-refractivity contribution in [2.24, 2.45) is 7.05 Å². The highest BCUT2D eigenvalue weighted by Gasteiger charge is 2.32. The van der Waals surface area contributed by atoms with Gasteiger partial charge in [0.2, 0.25) is 5.91 Å². The van der Waals surface area contributed by atoms with Crippen molar-refractivity contribution in [1.29, 1.82) is 0 Å². The maximum Gasteiger partial charge on any atom is 0.259 e. The number of hydrogen-bond donors (Lipinski definition) is 1. The van der Waals surface area contributed by atoms with Crippen molar-refractivity contribution >= 4 is 23.4 Å². The smallest absolute Gasteiger partial charge is 0.259 e. The molecule has 10 nitrogen and oxygen atoms in total. The molecule has 4 aromatic carbocycles. The van der Waals surface area contributed by atoms with Gasteiger partial charge in [-0.1, -0.05) is 36.4 Å². The highest BCUT2D eigenvalue weighted by Crippen LogP contribution is 2.36. The Morgan fingerprint density at radius 3 is 2.34 bits per heavy atom. The van der Waals surface area contributed by atoms with Gasteiger partial charge in [-0.25, -0.2) is 0 Å². The Balaban J connectivity index is 1.21. The van der Waals surface area contributed by atoms with Crippen LogP contribution in [-0.2, 0) is 44.2 Å². The summed E-state index contributed by atoms with van der Waals surface area (Å²) in [7, 11) is 7.65. The highest BCUT2D eigenvalue weighted by molar-refractivity contribution is 6.08. The van der Waals surface area contributed by atoms with Crippen molar-refractivity contribution in [2.45, 2.75) is 52.2 Å². The van der Waals surface area contributed by atoms with E-state index >= 15 is 0 Å². The molecule has 0 radical (unpaired) electrons. The molecule has 290 valence electrons. The molecule has 0 unspecified atom stereocenters. The molecule has 7 rings (SSSR count). The van der Waals surface area contributed by atoms with E-state index in [2.05, 4.69) is 30.0 Å². The van der Waals surface area contributed by atoms with Gasteiger partial charge in [-0.05, 0) is 123 Å². The molecule has 1 atom stereocenters. The minimum absolute atomic E-state index is 0.0202. The van der Waals surface area contributed by atoms with Crippen LogP contribution in [0.4, 0.5) is 5.69 Å². The molecule has 1 N–H and O–H groups in total. The lowest BCUT2D eigenvalue weighted by atomic mass is 9.89. The quantitative estimate of drug-likeness (QED) is 0.172. The summed E-state index contributed by atoms with van der Waals surface area (Å²) in [6.45, 7) is 6.84. The molecule has 3 amide bonds. The molecule has 0 aliphatic carbocycles. The second-order valence-electron chi connectivity index (χ2n) is 15.4. The zero-order valence-electron chi connectivity index (χ0n) is 33.2. The third-order valence-corrected chi connectivity index (χ3v) is 11.3. The maximum atomic E-state index is 14.9. The van der Waals surface area contributed by atoms with Crippen LogP contribution in [-0.4, -0.2) is 89.0 Å². The third kappa shape index (κ3) is 7.93. The summed E-state index contributed by atoms with van der Waals surface area (Å²) >= 11 is 0. The van der Waals surface area contributed by atoms with Gasteiger partial charge in [-0.2, -0.15) is 0 Å². The Morgan fingerprint density at radius 2 is 1.59 bits per heavy atom. The van der Waals surface area contributed by atoms with E-state index in [0.717, 1.165) is 57.9 Å². The van der Waals surface area contributed by atoms with Crippen LogP contribution in [0.1, 0.15) is 61.2 Å². The van der Waals surface area contributed by atoms with Crippen LogP contribution < -0.4 is 9.64 Å². The van der Waals surface area contributed by atoms with Gasteiger partial charge in [0.1, 0.15) is 18.1 Å². The molecule has 2 aliphatic rings. The van der Waals surface area contributed by atoms with E-state index in [1.807, 2.05) is 91.0 Å². The summed E-state index contributed by atoms with van der Waals surface area (Å²) in [4.78, 5) is 50.1. The zero-order chi connectivity index (χ0) is 39.7. The fraction of sp³-hybridized carbons (Fsp3) is 0.326. The van der Waals surface area contributed by atoms with Crippen LogP contribution in [0.15, 0.2) is 91.0 Å². The summed E-state index contributed by atoms with van der Waals surface area (Å²) in [5.74, 6) is 0.634. The summed E-state index contributed by atoms with van der Waals surface area (Å²) < 4.78 is 7.91. The fourth-order valence-electron chi connectivity index (χ4n) is 7.84. The summed E-state index contributed by atoms with van der Waals surface area (Å²) in [5.41, 5.74) is 9.38. The van der Waals surface area contributed by atoms with E-state index in [1.165, 1.54) is 5.56 Å². The van der Waals surface area contributed by atoms with Crippen molar-refractivity contribution in [3.63, 3.8) is 0 Å².